The quantitative estimate of drug-likeness (QED) is 0.192. The number of aliphatic carboxylic acids is 1. The van der Waals surface area contributed by atoms with Crippen molar-refractivity contribution in [3.63, 3.8) is 0 Å². The summed E-state index contributed by atoms with van der Waals surface area (Å²) < 4.78 is 0. The van der Waals surface area contributed by atoms with Crippen molar-refractivity contribution in [2.24, 2.45) is 10.2 Å². The Morgan fingerprint density at radius 2 is 1.56 bits per heavy atom. The summed E-state index contributed by atoms with van der Waals surface area (Å²) in [5.74, 6) is -0.918. The van der Waals surface area contributed by atoms with Crippen LogP contribution in [0.1, 0.15) is 36.8 Å². The molecule has 7 heteroatoms. The van der Waals surface area contributed by atoms with Gasteiger partial charge in [-0.1, -0.05) is 85.3 Å². The van der Waals surface area contributed by atoms with Crippen LogP contribution in [0.5, 0.6) is 0 Å². The van der Waals surface area contributed by atoms with E-state index in [0.717, 1.165) is 17.5 Å². The summed E-state index contributed by atoms with van der Waals surface area (Å²) in [6, 6.07) is 19.7. The molecule has 0 spiro atoms. The topological polar surface area (TPSA) is 82.3 Å². The zero-order valence-corrected chi connectivity index (χ0v) is 19.6. The van der Waals surface area contributed by atoms with E-state index in [1.165, 1.54) is 11.8 Å². The molecule has 0 unspecified atom stereocenters. The molecule has 3 rings (SSSR count). The van der Waals surface area contributed by atoms with Gasteiger partial charge in [-0.15, -0.1) is 5.10 Å². The summed E-state index contributed by atoms with van der Waals surface area (Å²) in [6.07, 6.45) is 13.1. The van der Waals surface area contributed by atoms with Crippen molar-refractivity contribution >= 4 is 47.2 Å². The smallest absolute Gasteiger partial charge is 0.303 e. The second-order valence-corrected chi connectivity index (χ2v) is 8.49. The van der Waals surface area contributed by atoms with E-state index < -0.39 is 5.97 Å². The number of carbonyl (C=O) groups is 2. The average molecular weight is 474 g/mol. The summed E-state index contributed by atoms with van der Waals surface area (Å²) in [5.41, 5.74) is 2.11. The summed E-state index contributed by atoms with van der Waals surface area (Å²) in [6.45, 7) is 0.472. The lowest BCUT2D eigenvalue weighted by atomic mass is 10.2. The number of carbonyl (C=O) groups excluding carboxylic acids is 1. The second-order valence-electron chi connectivity index (χ2n) is 7.48. The molecule has 0 bridgehead atoms. The van der Waals surface area contributed by atoms with Crippen LogP contribution >= 0.6 is 11.8 Å². The number of hydrogen-bond donors (Lipinski definition) is 1. The van der Waals surface area contributed by atoms with Crippen LogP contribution < -0.4 is 0 Å². The van der Waals surface area contributed by atoms with E-state index in [1.54, 1.807) is 23.3 Å². The number of nitrogens with zero attached hydrogens (tertiary/aromatic N) is 3. The van der Waals surface area contributed by atoms with Gasteiger partial charge in [0.05, 0.1) is 4.91 Å². The molecule has 0 atom stereocenters. The Morgan fingerprint density at radius 1 is 0.912 bits per heavy atom. The molecule has 1 N–H and O–H groups in total. The lowest BCUT2D eigenvalue weighted by Crippen LogP contribution is -2.30. The molecule has 174 valence electrons. The number of amidine groups is 1. The van der Waals surface area contributed by atoms with Gasteiger partial charge in [-0.25, -0.2) is 0 Å². The molecule has 1 saturated heterocycles. The molecule has 2 aromatic rings. The summed E-state index contributed by atoms with van der Waals surface area (Å²) in [7, 11) is 0. The Balaban J connectivity index is 1.67. The van der Waals surface area contributed by atoms with Crippen molar-refractivity contribution in [2.45, 2.75) is 25.7 Å². The number of carboxylic acids is 1. The monoisotopic (exact) mass is 473 g/mol. The highest BCUT2D eigenvalue weighted by molar-refractivity contribution is 8.18. The Bertz CT molecular complexity index is 1110. The van der Waals surface area contributed by atoms with Gasteiger partial charge in [0.15, 0.2) is 5.17 Å². The van der Waals surface area contributed by atoms with Gasteiger partial charge in [-0.3, -0.25) is 14.5 Å². The van der Waals surface area contributed by atoms with Gasteiger partial charge in [-0.05, 0) is 47.9 Å². The Kier molecular flexibility index (Phi) is 10.1. The summed E-state index contributed by atoms with van der Waals surface area (Å²) >= 11 is 1.29. The molecule has 1 aliphatic heterocycles. The molecule has 0 aliphatic carbocycles. The zero-order valence-electron chi connectivity index (χ0n) is 18.8. The van der Waals surface area contributed by atoms with Crippen LogP contribution in [0.15, 0.2) is 94.0 Å². The normalized spacial score (nSPS) is 16.7. The van der Waals surface area contributed by atoms with Gasteiger partial charge in [0.1, 0.15) is 0 Å². The molecule has 0 radical (unpaired) electrons. The van der Waals surface area contributed by atoms with Crippen LogP contribution in [0.25, 0.3) is 12.2 Å². The van der Waals surface area contributed by atoms with Crippen molar-refractivity contribution in [3.05, 3.63) is 94.9 Å². The molecular formula is C27H27N3O3S. The number of carboxylic acid groups (broad SMARTS) is 1. The molecule has 0 saturated carbocycles. The van der Waals surface area contributed by atoms with E-state index >= 15 is 0 Å². The van der Waals surface area contributed by atoms with Crippen molar-refractivity contribution in [2.75, 3.05) is 6.54 Å². The molecule has 6 nitrogen and oxygen atoms in total. The van der Waals surface area contributed by atoms with Crippen LogP contribution in [0.4, 0.5) is 0 Å². The minimum atomic E-state index is -0.802. The van der Waals surface area contributed by atoms with Gasteiger partial charge in [0.25, 0.3) is 5.91 Å². The molecule has 1 fully saturated rings. The number of unbranched alkanes of at least 4 members (excludes halogenated alkanes) is 2. The van der Waals surface area contributed by atoms with Crippen molar-refractivity contribution in [1.82, 2.24) is 4.90 Å². The third-order valence-corrected chi connectivity index (χ3v) is 5.90. The van der Waals surface area contributed by atoms with E-state index in [2.05, 4.69) is 10.2 Å². The van der Waals surface area contributed by atoms with E-state index in [9.17, 15) is 9.59 Å². The number of hydrogen-bond acceptors (Lipinski definition) is 5. The zero-order chi connectivity index (χ0) is 24.0. The number of allylic oxidation sites excluding steroid dienone is 3. The highest BCUT2D eigenvalue weighted by Crippen LogP contribution is 2.31. The predicted molar refractivity (Wildman–Crippen MR) is 140 cm³/mol. The second kappa shape index (κ2) is 13.7. The first kappa shape index (κ1) is 24.9. The Labute approximate surface area is 204 Å². The van der Waals surface area contributed by atoms with E-state index in [1.807, 2.05) is 78.9 Å². The van der Waals surface area contributed by atoms with E-state index in [-0.39, 0.29) is 12.3 Å². The largest absolute Gasteiger partial charge is 0.481 e. The third kappa shape index (κ3) is 8.33. The minimum Gasteiger partial charge on any atom is -0.481 e. The standard InChI is InChI=1S/C27H27N3O3S/c31-25(32)19-8-3-9-21-30-26(33)24(18-10-16-22-12-4-1-5-13-22)34-27(30)29-28-20-11-17-23-14-6-2-7-15-23/h1-2,4-7,10-18,20H,3,8-9,19,21H2,(H,31,32)/b16-10+,17-11+,24-18+,28-20-,29-27+. The fourth-order valence-corrected chi connectivity index (χ4v) is 4.08. The predicted octanol–water partition coefficient (Wildman–Crippen LogP) is 5.86. The average Bonchev–Trinajstić information content (AvgIpc) is 3.14. The highest BCUT2D eigenvalue weighted by atomic mass is 32.2. The fourth-order valence-electron chi connectivity index (χ4n) is 3.17. The number of rotatable bonds is 11. The van der Waals surface area contributed by atoms with Crippen LogP contribution in [0.2, 0.25) is 0 Å². The first-order valence-corrected chi connectivity index (χ1v) is 11.9. The minimum absolute atomic E-state index is 0.116. The fraction of sp³-hybridized carbons (Fsp3) is 0.185. The molecule has 1 heterocycles. The van der Waals surface area contributed by atoms with Gasteiger partial charge in [-0.2, -0.15) is 5.10 Å². The van der Waals surface area contributed by atoms with Gasteiger partial charge in [0, 0.05) is 19.2 Å². The SMILES string of the molecule is O=C(O)CCCCCN1C(=O)/C(=C\C=C\c2ccccc2)S/C1=N/N=C\C=C\c1ccccc1. The first-order chi connectivity index (χ1) is 16.6. The lowest BCUT2D eigenvalue weighted by molar-refractivity contribution is -0.137. The Hall–Kier alpha value is -3.71. The summed E-state index contributed by atoms with van der Waals surface area (Å²) in [4.78, 5) is 25.9. The van der Waals surface area contributed by atoms with Gasteiger partial charge >= 0.3 is 5.97 Å². The number of thioether (sulfide) groups is 1. The van der Waals surface area contributed by atoms with Crippen LogP contribution in [-0.4, -0.2) is 39.8 Å². The van der Waals surface area contributed by atoms with Crippen molar-refractivity contribution in [1.29, 1.82) is 0 Å². The van der Waals surface area contributed by atoms with Crippen molar-refractivity contribution in [3.8, 4) is 0 Å². The number of benzene rings is 2. The Morgan fingerprint density at radius 3 is 2.21 bits per heavy atom. The maximum atomic E-state index is 13.0. The first-order valence-electron chi connectivity index (χ1n) is 11.1. The van der Waals surface area contributed by atoms with E-state index in [0.29, 0.717) is 29.5 Å². The maximum absolute atomic E-state index is 13.0. The van der Waals surface area contributed by atoms with Gasteiger partial charge in [0.2, 0.25) is 0 Å². The molecule has 0 aromatic heterocycles. The van der Waals surface area contributed by atoms with Crippen LogP contribution in [0, 0.1) is 0 Å². The highest BCUT2D eigenvalue weighted by Gasteiger charge is 2.32. The molecular weight excluding hydrogens is 446 g/mol. The lowest BCUT2D eigenvalue weighted by Gasteiger charge is -2.14. The third-order valence-electron chi connectivity index (χ3n) is 4.88. The number of amides is 1. The van der Waals surface area contributed by atoms with Gasteiger partial charge < -0.3 is 5.11 Å². The molecule has 1 aliphatic rings. The molecule has 1 amide bonds. The molecule has 34 heavy (non-hydrogen) atoms. The maximum Gasteiger partial charge on any atom is 0.303 e. The molecule has 2 aromatic carbocycles. The van der Waals surface area contributed by atoms with Crippen LogP contribution in [0.3, 0.4) is 0 Å². The van der Waals surface area contributed by atoms with E-state index in [4.69, 9.17) is 5.11 Å². The van der Waals surface area contributed by atoms with Crippen molar-refractivity contribution < 1.29 is 14.7 Å². The summed E-state index contributed by atoms with van der Waals surface area (Å²) in [5, 5.41) is 17.7. The van der Waals surface area contributed by atoms with Crippen LogP contribution in [-0.2, 0) is 9.59 Å².